The van der Waals surface area contributed by atoms with Crippen LogP contribution in [0.5, 0.6) is 0 Å². The molecule has 122 valence electrons. The van der Waals surface area contributed by atoms with E-state index in [9.17, 15) is 8.78 Å². The molecule has 0 spiro atoms. The van der Waals surface area contributed by atoms with Crippen molar-refractivity contribution in [2.75, 3.05) is 20.1 Å². The lowest BCUT2D eigenvalue weighted by Gasteiger charge is -2.12. The van der Waals surface area contributed by atoms with Gasteiger partial charge in [0.05, 0.1) is 0 Å². The van der Waals surface area contributed by atoms with Crippen molar-refractivity contribution in [3.63, 3.8) is 0 Å². The van der Waals surface area contributed by atoms with Crippen LogP contribution in [0.4, 0.5) is 8.78 Å². The molecule has 0 unspecified atom stereocenters. The molecule has 3 nitrogen and oxygen atoms in total. The topological polar surface area (TPSA) is 36.4 Å². The zero-order valence-electron chi connectivity index (χ0n) is 13.2. The minimum atomic E-state index is -0.424. The highest BCUT2D eigenvalue weighted by molar-refractivity contribution is 5.79. The molecule has 2 aromatic rings. The van der Waals surface area contributed by atoms with Crippen molar-refractivity contribution in [3.8, 4) is 0 Å². The highest BCUT2D eigenvalue weighted by Gasteiger charge is 2.04. The van der Waals surface area contributed by atoms with Crippen molar-refractivity contribution in [3.05, 3.63) is 71.3 Å². The molecule has 2 aromatic carbocycles. The van der Waals surface area contributed by atoms with Gasteiger partial charge in [0, 0.05) is 20.1 Å². The van der Waals surface area contributed by atoms with Crippen molar-refractivity contribution in [2.24, 2.45) is 4.99 Å². The lowest BCUT2D eigenvalue weighted by molar-refractivity contribution is 0.583. The third-order valence-corrected chi connectivity index (χ3v) is 3.47. The van der Waals surface area contributed by atoms with Gasteiger partial charge in [0.1, 0.15) is 11.6 Å². The van der Waals surface area contributed by atoms with Crippen LogP contribution < -0.4 is 10.6 Å². The van der Waals surface area contributed by atoms with E-state index in [-0.39, 0.29) is 5.82 Å². The van der Waals surface area contributed by atoms with Gasteiger partial charge in [-0.25, -0.2) is 8.78 Å². The summed E-state index contributed by atoms with van der Waals surface area (Å²) in [6.45, 7) is 1.23. The zero-order valence-corrected chi connectivity index (χ0v) is 13.2. The molecule has 0 amide bonds. The first-order valence-corrected chi connectivity index (χ1v) is 7.61. The van der Waals surface area contributed by atoms with Crippen LogP contribution in [0.15, 0.2) is 53.5 Å². The molecule has 0 aliphatic carbocycles. The summed E-state index contributed by atoms with van der Waals surface area (Å²) in [5.41, 5.74) is 1.61. The second kappa shape index (κ2) is 8.88. The van der Waals surface area contributed by atoms with Crippen molar-refractivity contribution in [1.82, 2.24) is 10.6 Å². The summed E-state index contributed by atoms with van der Waals surface area (Å²) in [5, 5.41) is 6.30. The Kier molecular flexibility index (Phi) is 6.54. The van der Waals surface area contributed by atoms with Crippen LogP contribution >= 0.6 is 0 Å². The number of hydrogen-bond acceptors (Lipinski definition) is 1. The molecular weight excluding hydrogens is 296 g/mol. The summed E-state index contributed by atoms with van der Waals surface area (Å²) in [6.07, 6.45) is 1.28. The molecule has 0 aromatic heterocycles. The average molecular weight is 317 g/mol. The smallest absolute Gasteiger partial charge is 0.190 e. The second-order valence-corrected chi connectivity index (χ2v) is 5.15. The van der Waals surface area contributed by atoms with E-state index < -0.39 is 5.82 Å². The highest BCUT2D eigenvalue weighted by atomic mass is 19.1. The van der Waals surface area contributed by atoms with Crippen molar-refractivity contribution in [2.45, 2.75) is 12.8 Å². The Labute approximate surface area is 135 Å². The Balaban J connectivity index is 1.74. The molecule has 0 aliphatic rings. The molecule has 0 fully saturated rings. The van der Waals surface area contributed by atoms with Gasteiger partial charge >= 0.3 is 0 Å². The molecule has 0 heterocycles. The fourth-order valence-electron chi connectivity index (χ4n) is 2.24. The SMILES string of the molecule is CN=C(NCCc1ccccc1)NCCc1cc(F)ccc1F. The first kappa shape index (κ1) is 16.9. The number of nitrogens with one attached hydrogen (secondary N) is 2. The Hall–Kier alpha value is -2.43. The predicted octanol–water partition coefficient (Wildman–Crippen LogP) is 2.92. The molecule has 0 radical (unpaired) electrons. The van der Waals surface area contributed by atoms with Crippen LogP contribution in [-0.4, -0.2) is 26.1 Å². The first-order chi connectivity index (χ1) is 11.2. The maximum atomic E-state index is 13.5. The summed E-state index contributed by atoms with van der Waals surface area (Å²) >= 11 is 0. The van der Waals surface area contributed by atoms with Gasteiger partial charge in [-0.05, 0) is 42.2 Å². The number of aliphatic imine (C=N–C) groups is 1. The lowest BCUT2D eigenvalue weighted by Crippen LogP contribution is -2.39. The van der Waals surface area contributed by atoms with E-state index in [2.05, 4.69) is 27.8 Å². The third kappa shape index (κ3) is 5.70. The number of benzene rings is 2. The summed E-state index contributed by atoms with van der Waals surface area (Å²) in [5.74, 6) is -0.162. The average Bonchev–Trinajstić information content (AvgIpc) is 2.57. The van der Waals surface area contributed by atoms with E-state index in [0.29, 0.717) is 24.5 Å². The minimum absolute atomic E-state index is 0.359. The number of halogens is 2. The van der Waals surface area contributed by atoms with Crippen molar-refractivity contribution in [1.29, 1.82) is 0 Å². The first-order valence-electron chi connectivity index (χ1n) is 7.61. The number of guanidine groups is 1. The van der Waals surface area contributed by atoms with Crippen LogP contribution in [0.1, 0.15) is 11.1 Å². The second-order valence-electron chi connectivity index (χ2n) is 5.15. The van der Waals surface area contributed by atoms with Crippen LogP contribution in [0.25, 0.3) is 0 Å². The van der Waals surface area contributed by atoms with Gasteiger partial charge in [0.2, 0.25) is 0 Å². The number of rotatable bonds is 6. The van der Waals surface area contributed by atoms with E-state index >= 15 is 0 Å². The van der Waals surface area contributed by atoms with Crippen LogP contribution in [0.3, 0.4) is 0 Å². The maximum absolute atomic E-state index is 13.5. The summed E-state index contributed by atoms with van der Waals surface area (Å²) in [6, 6.07) is 13.7. The summed E-state index contributed by atoms with van der Waals surface area (Å²) < 4.78 is 26.6. The molecule has 0 atom stereocenters. The Morgan fingerprint density at radius 1 is 0.957 bits per heavy atom. The Bertz CT molecular complexity index is 642. The number of nitrogens with zero attached hydrogens (tertiary/aromatic N) is 1. The summed E-state index contributed by atoms with van der Waals surface area (Å²) in [7, 11) is 1.68. The van der Waals surface area contributed by atoms with E-state index in [4.69, 9.17) is 0 Å². The molecule has 2 N–H and O–H groups in total. The molecule has 0 bridgehead atoms. The summed E-state index contributed by atoms with van der Waals surface area (Å²) in [4.78, 5) is 4.12. The standard InChI is InChI=1S/C18H21F2N3/c1-21-18(22-11-9-14-5-3-2-4-6-14)23-12-10-15-13-16(19)7-8-17(15)20/h2-8,13H,9-12H2,1H3,(H2,21,22,23). The normalized spacial score (nSPS) is 11.3. The maximum Gasteiger partial charge on any atom is 0.190 e. The molecule has 23 heavy (non-hydrogen) atoms. The predicted molar refractivity (Wildman–Crippen MR) is 89.6 cm³/mol. The minimum Gasteiger partial charge on any atom is -0.356 e. The highest BCUT2D eigenvalue weighted by Crippen LogP contribution is 2.09. The lowest BCUT2D eigenvalue weighted by atomic mass is 10.1. The molecule has 0 saturated carbocycles. The van der Waals surface area contributed by atoms with Crippen LogP contribution in [0, 0.1) is 11.6 Å². The van der Waals surface area contributed by atoms with Gasteiger partial charge in [0.25, 0.3) is 0 Å². The van der Waals surface area contributed by atoms with E-state index in [1.54, 1.807) is 7.05 Å². The Morgan fingerprint density at radius 2 is 1.65 bits per heavy atom. The molecule has 5 heteroatoms. The fourth-order valence-corrected chi connectivity index (χ4v) is 2.24. The molecule has 0 saturated heterocycles. The van der Waals surface area contributed by atoms with Gasteiger partial charge in [0.15, 0.2) is 5.96 Å². The van der Waals surface area contributed by atoms with Gasteiger partial charge in [-0.3, -0.25) is 4.99 Å². The third-order valence-electron chi connectivity index (χ3n) is 3.47. The molecular formula is C18H21F2N3. The molecule has 2 rings (SSSR count). The largest absolute Gasteiger partial charge is 0.356 e. The van der Waals surface area contributed by atoms with Gasteiger partial charge in [-0.15, -0.1) is 0 Å². The van der Waals surface area contributed by atoms with Crippen molar-refractivity contribution < 1.29 is 8.78 Å². The monoisotopic (exact) mass is 317 g/mol. The van der Waals surface area contributed by atoms with E-state index in [0.717, 1.165) is 25.1 Å². The van der Waals surface area contributed by atoms with Crippen molar-refractivity contribution >= 4 is 5.96 Å². The van der Waals surface area contributed by atoms with Crippen LogP contribution in [0.2, 0.25) is 0 Å². The van der Waals surface area contributed by atoms with Gasteiger partial charge in [-0.2, -0.15) is 0 Å². The van der Waals surface area contributed by atoms with Gasteiger partial charge in [-0.1, -0.05) is 30.3 Å². The molecule has 0 aliphatic heterocycles. The van der Waals surface area contributed by atoms with E-state index in [1.807, 2.05) is 18.2 Å². The van der Waals surface area contributed by atoms with E-state index in [1.165, 1.54) is 11.6 Å². The van der Waals surface area contributed by atoms with Crippen LogP contribution in [-0.2, 0) is 12.8 Å². The van der Waals surface area contributed by atoms with Gasteiger partial charge < -0.3 is 10.6 Å². The Morgan fingerprint density at radius 3 is 2.35 bits per heavy atom. The zero-order chi connectivity index (χ0) is 16.5. The quantitative estimate of drug-likeness (QED) is 0.635. The number of hydrogen-bond donors (Lipinski definition) is 2. The fraction of sp³-hybridized carbons (Fsp3) is 0.278.